The van der Waals surface area contributed by atoms with Crippen LogP contribution in [-0.4, -0.2) is 10.2 Å². The van der Waals surface area contributed by atoms with Gasteiger partial charge >= 0.3 is 0 Å². The van der Waals surface area contributed by atoms with E-state index >= 15 is 0 Å². The lowest BCUT2D eigenvalue weighted by Gasteiger charge is -2.06. The smallest absolute Gasteiger partial charge is 0.253 e. The molecule has 0 aliphatic carbocycles. The molecule has 0 spiro atoms. The minimum absolute atomic E-state index is 0. The van der Waals surface area contributed by atoms with E-state index in [9.17, 15) is 4.79 Å². The molecule has 2 aromatic carbocycles. The van der Waals surface area contributed by atoms with Crippen LogP contribution in [0.4, 0.5) is 0 Å². The quantitative estimate of drug-likeness (QED) is 0.493. The molecule has 0 aliphatic heterocycles. The number of carbonyl (C=O) groups is 1. The molecule has 0 fully saturated rings. The number of para-hydroxylation sites is 2. The third-order valence-electron chi connectivity index (χ3n) is 2.78. The highest BCUT2D eigenvalue weighted by atomic mass is 35.5. The number of fused-ring (bicyclic) bond motifs is 2. The molecule has 0 atom stereocenters. The predicted molar refractivity (Wildman–Crippen MR) is 76.7 cm³/mol. The van der Waals surface area contributed by atoms with Crippen molar-refractivity contribution in [1.29, 1.82) is 0 Å². The van der Waals surface area contributed by atoms with Crippen molar-refractivity contribution in [2.75, 3.05) is 0 Å². The van der Waals surface area contributed by atoms with Crippen molar-refractivity contribution in [2.45, 2.75) is 0 Å². The Hall–Kier alpha value is -1.64. The van der Waals surface area contributed by atoms with Gasteiger partial charge in [0, 0.05) is 10.8 Å². The minimum Gasteiger partial charge on any atom is -0.276 e. The molecule has 1 heterocycles. The van der Waals surface area contributed by atoms with Crippen molar-refractivity contribution in [1.82, 2.24) is 4.98 Å². The monoisotopic (exact) mass is 277 g/mol. The third kappa shape index (κ3) is 1.94. The standard InChI is InChI=1S/C14H8ClNO.ClH/c15-14(17)13-9-5-1-3-7-11(9)16-12-8-4-2-6-10(12)13;/h1-8H;1H. The Balaban J connectivity index is 0.00000120. The number of hydrogen-bond acceptors (Lipinski definition) is 2. The van der Waals surface area contributed by atoms with Gasteiger partial charge in [-0.25, -0.2) is 4.98 Å². The maximum Gasteiger partial charge on any atom is 0.253 e. The van der Waals surface area contributed by atoms with Gasteiger partial charge in [-0.1, -0.05) is 36.4 Å². The molecule has 0 saturated heterocycles. The van der Waals surface area contributed by atoms with Gasteiger partial charge in [-0.15, -0.1) is 12.4 Å². The summed E-state index contributed by atoms with van der Waals surface area (Å²) >= 11 is 5.69. The molecule has 0 bridgehead atoms. The SMILES string of the molecule is Cl.O=C(Cl)c1c2ccccc2nc2ccccc12. The third-order valence-corrected chi connectivity index (χ3v) is 2.97. The Labute approximate surface area is 115 Å². The average molecular weight is 278 g/mol. The zero-order valence-electron chi connectivity index (χ0n) is 9.26. The van der Waals surface area contributed by atoms with E-state index in [2.05, 4.69) is 4.98 Å². The van der Waals surface area contributed by atoms with Crippen LogP contribution in [0.1, 0.15) is 10.4 Å². The first-order valence-corrected chi connectivity index (χ1v) is 5.62. The van der Waals surface area contributed by atoms with Crippen molar-refractivity contribution < 1.29 is 4.79 Å². The topological polar surface area (TPSA) is 30.0 Å². The maximum absolute atomic E-state index is 11.6. The summed E-state index contributed by atoms with van der Waals surface area (Å²) in [4.78, 5) is 16.1. The second-order valence-electron chi connectivity index (χ2n) is 3.79. The summed E-state index contributed by atoms with van der Waals surface area (Å²) < 4.78 is 0. The van der Waals surface area contributed by atoms with Crippen molar-refractivity contribution in [3.8, 4) is 0 Å². The summed E-state index contributed by atoms with van der Waals surface area (Å²) in [5, 5.41) is 1.15. The summed E-state index contributed by atoms with van der Waals surface area (Å²) in [6.45, 7) is 0. The molecule has 1 aromatic heterocycles. The number of carbonyl (C=O) groups excluding carboxylic acids is 1. The fraction of sp³-hybridized carbons (Fsp3) is 0. The molecule has 0 aliphatic rings. The van der Waals surface area contributed by atoms with Crippen molar-refractivity contribution >= 4 is 51.1 Å². The zero-order valence-corrected chi connectivity index (χ0v) is 10.8. The van der Waals surface area contributed by atoms with E-state index in [-0.39, 0.29) is 12.4 Å². The summed E-state index contributed by atoms with van der Waals surface area (Å²) in [6, 6.07) is 15.0. The average Bonchev–Trinajstić information content (AvgIpc) is 2.35. The maximum atomic E-state index is 11.6. The van der Waals surface area contributed by atoms with Crippen LogP contribution in [0.3, 0.4) is 0 Å². The van der Waals surface area contributed by atoms with Gasteiger partial charge in [0.1, 0.15) is 0 Å². The number of rotatable bonds is 1. The van der Waals surface area contributed by atoms with Crippen LogP contribution >= 0.6 is 24.0 Å². The summed E-state index contributed by atoms with van der Waals surface area (Å²) in [5.41, 5.74) is 2.11. The van der Waals surface area contributed by atoms with Crippen LogP contribution in [-0.2, 0) is 0 Å². The van der Waals surface area contributed by atoms with Gasteiger partial charge in [-0.2, -0.15) is 0 Å². The van der Waals surface area contributed by atoms with Crippen molar-refractivity contribution in [3.63, 3.8) is 0 Å². The first-order valence-electron chi connectivity index (χ1n) is 5.25. The molecule has 3 aromatic rings. The van der Waals surface area contributed by atoms with Crippen molar-refractivity contribution in [2.24, 2.45) is 0 Å². The number of hydrogen-bond donors (Lipinski definition) is 0. The molecule has 3 rings (SSSR count). The molecular formula is C14H9Cl2NO. The lowest BCUT2D eigenvalue weighted by molar-refractivity contribution is 0.108. The first-order chi connectivity index (χ1) is 8.27. The number of pyridine rings is 1. The molecule has 0 radical (unpaired) electrons. The molecular weight excluding hydrogens is 269 g/mol. The fourth-order valence-corrected chi connectivity index (χ4v) is 2.26. The number of halogens is 2. The van der Waals surface area contributed by atoms with Gasteiger partial charge < -0.3 is 0 Å². The molecule has 0 saturated carbocycles. The molecule has 4 heteroatoms. The zero-order chi connectivity index (χ0) is 11.8. The second-order valence-corrected chi connectivity index (χ2v) is 4.14. The first kappa shape index (κ1) is 12.8. The Morgan fingerprint density at radius 3 is 1.78 bits per heavy atom. The molecule has 2 nitrogen and oxygen atoms in total. The van der Waals surface area contributed by atoms with Crippen LogP contribution in [0.5, 0.6) is 0 Å². The Morgan fingerprint density at radius 2 is 1.33 bits per heavy atom. The van der Waals surface area contributed by atoms with Gasteiger partial charge in [0.2, 0.25) is 0 Å². The highest BCUT2D eigenvalue weighted by Gasteiger charge is 2.13. The van der Waals surface area contributed by atoms with Gasteiger partial charge in [0.15, 0.2) is 0 Å². The van der Waals surface area contributed by atoms with Gasteiger partial charge in [-0.3, -0.25) is 4.79 Å². The van der Waals surface area contributed by atoms with E-state index in [1.165, 1.54) is 0 Å². The summed E-state index contributed by atoms with van der Waals surface area (Å²) in [6.07, 6.45) is 0. The number of benzene rings is 2. The molecule has 0 N–H and O–H groups in total. The van der Waals surface area contributed by atoms with Gasteiger partial charge in [0.25, 0.3) is 5.24 Å². The molecule has 0 unspecified atom stereocenters. The van der Waals surface area contributed by atoms with E-state index < -0.39 is 5.24 Å². The van der Waals surface area contributed by atoms with E-state index in [0.29, 0.717) is 5.56 Å². The van der Waals surface area contributed by atoms with Crippen LogP contribution in [0.25, 0.3) is 21.8 Å². The lowest BCUT2D eigenvalue weighted by Crippen LogP contribution is -1.95. The Morgan fingerprint density at radius 1 is 0.889 bits per heavy atom. The molecule has 18 heavy (non-hydrogen) atoms. The molecule has 90 valence electrons. The van der Waals surface area contributed by atoms with Gasteiger partial charge in [0.05, 0.1) is 16.6 Å². The Kier molecular flexibility index (Phi) is 3.50. The van der Waals surface area contributed by atoms with E-state index in [1.54, 1.807) is 0 Å². The lowest BCUT2D eigenvalue weighted by atomic mass is 10.0. The number of aromatic nitrogens is 1. The van der Waals surface area contributed by atoms with Crippen LogP contribution in [0, 0.1) is 0 Å². The fourth-order valence-electron chi connectivity index (χ4n) is 2.05. The second kappa shape index (κ2) is 4.92. The van der Waals surface area contributed by atoms with E-state index in [0.717, 1.165) is 21.8 Å². The van der Waals surface area contributed by atoms with Crippen LogP contribution in [0.15, 0.2) is 48.5 Å². The van der Waals surface area contributed by atoms with Crippen LogP contribution in [0.2, 0.25) is 0 Å². The van der Waals surface area contributed by atoms with Crippen LogP contribution < -0.4 is 0 Å². The van der Waals surface area contributed by atoms with E-state index in [1.807, 2.05) is 48.5 Å². The number of nitrogens with zero attached hydrogens (tertiary/aromatic N) is 1. The highest BCUT2D eigenvalue weighted by Crippen LogP contribution is 2.26. The highest BCUT2D eigenvalue weighted by molar-refractivity contribution is 6.69. The Bertz CT molecular complexity index is 686. The normalized spacial score (nSPS) is 10.3. The van der Waals surface area contributed by atoms with Crippen molar-refractivity contribution in [3.05, 3.63) is 54.1 Å². The largest absolute Gasteiger partial charge is 0.276 e. The summed E-state index contributed by atoms with van der Waals surface area (Å²) in [5.74, 6) is 0. The van der Waals surface area contributed by atoms with Gasteiger partial charge in [-0.05, 0) is 23.7 Å². The minimum atomic E-state index is -0.445. The summed E-state index contributed by atoms with van der Waals surface area (Å²) in [7, 11) is 0. The predicted octanol–water partition coefficient (Wildman–Crippen LogP) is 4.19. The van der Waals surface area contributed by atoms with E-state index in [4.69, 9.17) is 11.6 Å². The molecule has 0 amide bonds.